The van der Waals surface area contributed by atoms with E-state index in [0.29, 0.717) is 25.1 Å². The summed E-state index contributed by atoms with van der Waals surface area (Å²) in [7, 11) is 0. The van der Waals surface area contributed by atoms with Crippen molar-refractivity contribution in [3.8, 4) is 0 Å². The Balaban J connectivity index is 1.29. The van der Waals surface area contributed by atoms with Gasteiger partial charge in [-0.2, -0.15) is 0 Å². The van der Waals surface area contributed by atoms with Gasteiger partial charge in [0.05, 0.1) is 18.8 Å². The molecule has 1 atom stereocenters. The monoisotopic (exact) mass is 339 g/mol. The minimum absolute atomic E-state index is 0.245. The van der Waals surface area contributed by atoms with E-state index in [2.05, 4.69) is 17.4 Å². The molecule has 1 heterocycles. The Hall–Kier alpha value is -0.650. The zero-order chi connectivity index (χ0) is 16.1. The minimum atomic E-state index is -0.442. The van der Waals surface area contributed by atoms with Crippen molar-refractivity contribution in [1.29, 1.82) is 0 Å². The molecule has 2 aliphatic rings. The van der Waals surface area contributed by atoms with Crippen LogP contribution in [0, 0.1) is 0 Å². The number of hydrogen-bond donors (Lipinski definition) is 2. The lowest BCUT2D eigenvalue weighted by Gasteiger charge is -2.37. The molecule has 1 aromatic carbocycles. The first-order chi connectivity index (χ1) is 11.2. The molecule has 2 fully saturated rings. The normalized spacial score (nSPS) is 26.7. The lowest BCUT2D eigenvalue weighted by Crippen LogP contribution is -2.44. The van der Waals surface area contributed by atoms with Gasteiger partial charge in [0.15, 0.2) is 0 Å². The number of halogens is 1. The maximum atomic E-state index is 10.0. The van der Waals surface area contributed by atoms with Crippen LogP contribution in [0.25, 0.3) is 0 Å². The molecule has 23 heavy (non-hydrogen) atoms. The maximum absolute atomic E-state index is 10.0. The molecule has 1 aliphatic heterocycles. The third-order valence-electron chi connectivity index (χ3n) is 4.79. The van der Waals surface area contributed by atoms with E-state index >= 15 is 0 Å². The fourth-order valence-electron chi connectivity index (χ4n) is 3.27. The molecule has 3 rings (SSSR count). The third kappa shape index (κ3) is 5.16. The second-order valence-electron chi connectivity index (χ2n) is 6.63. The summed E-state index contributed by atoms with van der Waals surface area (Å²) in [5.41, 5.74) is 1.32. The van der Waals surface area contributed by atoms with Crippen molar-refractivity contribution in [2.75, 3.05) is 26.4 Å². The number of benzene rings is 1. The van der Waals surface area contributed by atoms with Gasteiger partial charge in [-0.25, -0.2) is 0 Å². The van der Waals surface area contributed by atoms with Crippen LogP contribution in [0.2, 0.25) is 5.02 Å². The van der Waals surface area contributed by atoms with Crippen molar-refractivity contribution >= 4 is 11.6 Å². The molecule has 0 radical (unpaired) electrons. The Bertz CT molecular complexity index is 487. The van der Waals surface area contributed by atoms with Crippen LogP contribution in [-0.4, -0.2) is 49.7 Å². The Morgan fingerprint density at radius 2 is 2.09 bits per heavy atom. The van der Waals surface area contributed by atoms with E-state index in [9.17, 15) is 5.11 Å². The summed E-state index contributed by atoms with van der Waals surface area (Å²) >= 11 is 6.04. The van der Waals surface area contributed by atoms with Gasteiger partial charge in [0.25, 0.3) is 0 Å². The van der Waals surface area contributed by atoms with Gasteiger partial charge in [0, 0.05) is 30.8 Å². The number of nitrogens with one attached hydrogen (secondary N) is 1. The van der Waals surface area contributed by atoms with E-state index in [-0.39, 0.29) is 6.10 Å². The van der Waals surface area contributed by atoms with Gasteiger partial charge in [0.2, 0.25) is 0 Å². The van der Waals surface area contributed by atoms with Crippen molar-refractivity contribution in [3.63, 3.8) is 0 Å². The van der Waals surface area contributed by atoms with Gasteiger partial charge in [-0.1, -0.05) is 23.7 Å². The van der Waals surface area contributed by atoms with E-state index in [1.165, 1.54) is 5.56 Å². The maximum Gasteiger partial charge on any atom is 0.0897 e. The number of rotatable bonds is 7. The fourth-order valence-corrected chi connectivity index (χ4v) is 3.47. The molecule has 1 unspecified atom stereocenters. The second-order valence-corrected chi connectivity index (χ2v) is 7.06. The number of hydrogen-bond acceptors (Lipinski definition) is 4. The van der Waals surface area contributed by atoms with Crippen LogP contribution in [0.5, 0.6) is 0 Å². The minimum Gasteiger partial charge on any atom is -0.389 e. The van der Waals surface area contributed by atoms with Crippen molar-refractivity contribution in [2.24, 2.45) is 0 Å². The van der Waals surface area contributed by atoms with Gasteiger partial charge in [-0.3, -0.25) is 0 Å². The van der Waals surface area contributed by atoms with Crippen molar-refractivity contribution < 1.29 is 14.6 Å². The average molecular weight is 340 g/mol. The largest absolute Gasteiger partial charge is 0.389 e. The molecular formula is C18H26ClNO3. The lowest BCUT2D eigenvalue weighted by atomic mass is 9.76. The molecule has 0 amide bonds. The van der Waals surface area contributed by atoms with Crippen LogP contribution in [0.3, 0.4) is 0 Å². The predicted molar refractivity (Wildman–Crippen MR) is 91.0 cm³/mol. The Labute approximate surface area is 143 Å². The highest BCUT2D eigenvalue weighted by Gasteiger charge is 2.30. The molecule has 1 saturated heterocycles. The Morgan fingerprint density at radius 1 is 1.30 bits per heavy atom. The van der Waals surface area contributed by atoms with Gasteiger partial charge in [-0.05, 0) is 49.3 Å². The number of aliphatic hydroxyl groups excluding tert-OH is 1. The van der Waals surface area contributed by atoms with Gasteiger partial charge >= 0.3 is 0 Å². The van der Waals surface area contributed by atoms with E-state index in [1.54, 1.807) is 0 Å². The van der Waals surface area contributed by atoms with Crippen molar-refractivity contribution in [2.45, 2.75) is 49.9 Å². The Morgan fingerprint density at radius 3 is 2.83 bits per heavy atom. The SMILES string of the molecule is OC(CNC1CC(c2cccc(Cl)c2)C1)COC1CCOCC1. The lowest BCUT2D eigenvalue weighted by molar-refractivity contribution is -0.0592. The zero-order valence-corrected chi connectivity index (χ0v) is 14.2. The zero-order valence-electron chi connectivity index (χ0n) is 13.4. The summed E-state index contributed by atoms with van der Waals surface area (Å²) in [5, 5.41) is 14.3. The van der Waals surface area contributed by atoms with E-state index in [0.717, 1.165) is 43.9 Å². The molecule has 0 bridgehead atoms. The first-order valence-corrected chi connectivity index (χ1v) is 8.95. The summed E-state index contributed by atoms with van der Waals surface area (Å²) in [5.74, 6) is 0.585. The summed E-state index contributed by atoms with van der Waals surface area (Å²) in [4.78, 5) is 0. The molecule has 0 spiro atoms. The molecule has 4 nitrogen and oxygen atoms in total. The van der Waals surface area contributed by atoms with Crippen LogP contribution in [0.15, 0.2) is 24.3 Å². The van der Waals surface area contributed by atoms with Crippen molar-refractivity contribution in [1.82, 2.24) is 5.32 Å². The van der Waals surface area contributed by atoms with Gasteiger partial charge in [0.1, 0.15) is 0 Å². The first kappa shape index (κ1) is 17.2. The van der Waals surface area contributed by atoms with Crippen LogP contribution < -0.4 is 5.32 Å². The second kappa shape index (κ2) is 8.45. The predicted octanol–water partition coefficient (Wildman–Crippen LogP) is 2.73. The standard InChI is InChI=1S/C18H26ClNO3/c19-15-3-1-2-13(8-15)14-9-16(10-14)20-11-17(21)12-23-18-4-6-22-7-5-18/h1-3,8,14,16-18,20-21H,4-7,9-12H2. The average Bonchev–Trinajstić information content (AvgIpc) is 2.52. The van der Waals surface area contributed by atoms with E-state index in [4.69, 9.17) is 21.1 Å². The summed E-state index contributed by atoms with van der Waals surface area (Å²) in [6.07, 6.45) is 3.88. The quantitative estimate of drug-likeness (QED) is 0.802. The molecule has 0 aromatic heterocycles. The van der Waals surface area contributed by atoms with Crippen LogP contribution in [-0.2, 0) is 9.47 Å². The Kier molecular flexibility index (Phi) is 6.31. The smallest absolute Gasteiger partial charge is 0.0897 e. The topological polar surface area (TPSA) is 50.7 Å². The summed E-state index contributed by atoms with van der Waals surface area (Å²) < 4.78 is 11.0. The fraction of sp³-hybridized carbons (Fsp3) is 0.667. The molecule has 2 N–H and O–H groups in total. The van der Waals surface area contributed by atoms with Crippen LogP contribution >= 0.6 is 11.6 Å². The van der Waals surface area contributed by atoms with E-state index < -0.39 is 6.10 Å². The van der Waals surface area contributed by atoms with Gasteiger partial charge in [-0.15, -0.1) is 0 Å². The highest BCUT2D eigenvalue weighted by Crippen LogP contribution is 2.37. The first-order valence-electron chi connectivity index (χ1n) is 8.57. The summed E-state index contributed by atoms with van der Waals surface area (Å²) in [6, 6.07) is 8.60. The van der Waals surface area contributed by atoms with E-state index in [1.807, 2.05) is 12.1 Å². The van der Waals surface area contributed by atoms with Crippen molar-refractivity contribution in [3.05, 3.63) is 34.9 Å². The third-order valence-corrected chi connectivity index (χ3v) is 5.03. The van der Waals surface area contributed by atoms with Gasteiger partial charge < -0.3 is 19.9 Å². The molecule has 1 aromatic rings. The summed E-state index contributed by atoms with van der Waals surface area (Å²) in [6.45, 7) is 2.54. The highest BCUT2D eigenvalue weighted by atomic mass is 35.5. The number of aliphatic hydroxyl groups is 1. The number of ether oxygens (including phenoxy) is 2. The van der Waals surface area contributed by atoms with Crippen LogP contribution in [0.4, 0.5) is 0 Å². The highest BCUT2D eigenvalue weighted by molar-refractivity contribution is 6.30. The molecule has 1 saturated carbocycles. The molecule has 128 valence electrons. The molecule has 1 aliphatic carbocycles. The molecule has 5 heteroatoms. The van der Waals surface area contributed by atoms with Crippen LogP contribution in [0.1, 0.15) is 37.2 Å². The molecular weight excluding hydrogens is 314 g/mol.